The molecule has 0 saturated carbocycles. The molecular formula is C12H14N4O3. The standard InChI is InChI=1S/C12H14N4O3/c1-18-10-6-8(7-17)2-3-9(10)19-11-4-5-14-12(15-11)16-13/h2-6,17H,7,13H2,1H3,(H,14,15,16). The molecule has 0 atom stereocenters. The van der Waals surface area contributed by atoms with E-state index in [4.69, 9.17) is 20.4 Å². The van der Waals surface area contributed by atoms with Crippen LogP contribution in [-0.2, 0) is 6.61 Å². The monoisotopic (exact) mass is 262 g/mol. The van der Waals surface area contributed by atoms with E-state index in [9.17, 15) is 0 Å². The molecule has 4 N–H and O–H groups in total. The van der Waals surface area contributed by atoms with Gasteiger partial charge < -0.3 is 14.6 Å². The van der Waals surface area contributed by atoms with E-state index in [0.29, 0.717) is 17.4 Å². The zero-order chi connectivity index (χ0) is 13.7. The largest absolute Gasteiger partial charge is 0.493 e. The van der Waals surface area contributed by atoms with Crippen molar-refractivity contribution in [2.45, 2.75) is 6.61 Å². The summed E-state index contributed by atoms with van der Waals surface area (Å²) in [6, 6.07) is 6.72. The van der Waals surface area contributed by atoms with Crippen molar-refractivity contribution in [3.8, 4) is 17.4 Å². The van der Waals surface area contributed by atoms with E-state index in [1.165, 1.54) is 13.3 Å². The second-order valence-corrected chi connectivity index (χ2v) is 3.61. The van der Waals surface area contributed by atoms with Gasteiger partial charge in [-0.1, -0.05) is 6.07 Å². The summed E-state index contributed by atoms with van der Waals surface area (Å²) < 4.78 is 10.8. The molecule has 0 aliphatic heterocycles. The lowest BCUT2D eigenvalue weighted by Crippen LogP contribution is -2.10. The van der Waals surface area contributed by atoms with Crippen LogP contribution in [0.15, 0.2) is 30.5 Å². The predicted octanol–water partition coefficient (Wildman–Crippen LogP) is 1.06. The number of ether oxygens (including phenoxy) is 2. The predicted molar refractivity (Wildman–Crippen MR) is 68.8 cm³/mol. The van der Waals surface area contributed by atoms with E-state index < -0.39 is 0 Å². The Bertz CT molecular complexity index is 562. The van der Waals surface area contributed by atoms with Gasteiger partial charge in [0, 0.05) is 12.3 Å². The highest BCUT2D eigenvalue weighted by atomic mass is 16.5. The summed E-state index contributed by atoms with van der Waals surface area (Å²) in [6.07, 6.45) is 1.52. The van der Waals surface area contributed by atoms with Gasteiger partial charge in [0.05, 0.1) is 13.7 Å². The molecule has 2 aromatic rings. The molecule has 0 aliphatic rings. The highest BCUT2D eigenvalue weighted by Gasteiger charge is 2.08. The smallest absolute Gasteiger partial charge is 0.240 e. The molecule has 1 aromatic carbocycles. The molecule has 0 spiro atoms. The minimum absolute atomic E-state index is 0.0641. The highest BCUT2D eigenvalue weighted by Crippen LogP contribution is 2.31. The molecule has 1 aromatic heterocycles. The number of nitrogens with one attached hydrogen (secondary N) is 1. The second kappa shape index (κ2) is 5.98. The molecule has 0 radical (unpaired) electrons. The van der Waals surface area contributed by atoms with Gasteiger partial charge in [-0.05, 0) is 17.7 Å². The lowest BCUT2D eigenvalue weighted by molar-refractivity contribution is 0.280. The first kappa shape index (κ1) is 13.1. The molecule has 0 saturated heterocycles. The highest BCUT2D eigenvalue weighted by molar-refractivity contribution is 5.44. The third-order valence-electron chi connectivity index (χ3n) is 2.38. The van der Waals surface area contributed by atoms with Gasteiger partial charge in [0.15, 0.2) is 11.5 Å². The summed E-state index contributed by atoms with van der Waals surface area (Å²) in [7, 11) is 1.52. The Morgan fingerprint density at radius 1 is 1.32 bits per heavy atom. The normalized spacial score (nSPS) is 10.1. The van der Waals surface area contributed by atoms with E-state index >= 15 is 0 Å². The summed E-state index contributed by atoms with van der Waals surface area (Å²) in [6.45, 7) is -0.0641. The molecule has 100 valence electrons. The number of methoxy groups -OCH3 is 1. The Morgan fingerprint density at radius 3 is 2.84 bits per heavy atom. The Labute approximate surface area is 110 Å². The zero-order valence-corrected chi connectivity index (χ0v) is 10.3. The molecule has 7 heteroatoms. The quantitative estimate of drug-likeness (QED) is 0.546. The maximum absolute atomic E-state index is 9.07. The SMILES string of the molecule is COc1cc(CO)ccc1Oc1ccnc(NN)n1. The summed E-state index contributed by atoms with van der Waals surface area (Å²) in [5.74, 6) is 6.80. The van der Waals surface area contributed by atoms with Crippen LogP contribution < -0.4 is 20.7 Å². The molecule has 0 amide bonds. The van der Waals surface area contributed by atoms with Gasteiger partial charge in [0.25, 0.3) is 0 Å². The van der Waals surface area contributed by atoms with Crippen LogP contribution in [0, 0.1) is 0 Å². The van der Waals surface area contributed by atoms with Crippen molar-refractivity contribution in [1.82, 2.24) is 9.97 Å². The van der Waals surface area contributed by atoms with Crippen molar-refractivity contribution in [3.05, 3.63) is 36.0 Å². The summed E-state index contributed by atoms with van der Waals surface area (Å²) in [5, 5.41) is 9.07. The molecule has 0 bridgehead atoms. The second-order valence-electron chi connectivity index (χ2n) is 3.61. The number of nitrogens with two attached hydrogens (primary N) is 1. The van der Waals surface area contributed by atoms with Gasteiger partial charge in [-0.25, -0.2) is 10.8 Å². The first-order valence-corrected chi connectivity index (χ1v) is 5.52. The van der Waals surface area contributed by atoms with Gasteiger partial charge in [-0.3, -0.25) is 5.43 Å². The third-order valence-corrected chi connectivity index (χ3v) is 2.38. The molecule has 19 heavy (non-hydrogen) atoms. The fourth-order valence-corrected chi connectivity index (χ4v) is 1.48. The number of benzene rings is 1. The number of hydrazine groups is 1. The zero-order valence-electron chi connectivity index (χ0n) is 10.3. The third kappa shape index (κ3) is 3.09. The summed E-state index contributed by atoms with van der Waals surface area (Å²) in [5.41, 5.74) is 3.07. The van der Waals surface area contributed by atoms with Crippen LogP contribution in [0.3, 0.4) is 0 Å². The van der Waals surface area contributed by atoms with Gasteiger partial charge in [-0.15, -0.1) is 0 Å². The number of hydrogen-bond acceptors (Lipinski definition) is 7. The number of rotatable bonds is 5. The topological polar surface area (TPSA) is 103 Å². The number of anilines is 1. The first-order chi connectivity index (χ1) is 9.26. The van der Waals surface area contributed by atoms with Crippen molar-refractivity contribution >= 4 is 5.95 Å². The van der Waals surface area contributed by atoms with E-state index in [1.54, 1.807) is 24.3 Å². The van der Waals surface area contributed by atoms with Crippen LogP contribution in [0.2, 0.25) is 0 Å². The van der Waals surface area contributed by atoms with Crippen LogP contribution >= 0.6 is 0 Å². The average molecular weight is 262 g/mol. The van der Waals surface area contributed by atoms with Crippen molar-refractivity contribution in [2.75, 3.05) is 12.5 Å². The molecule has 1 heterocycles. The summed E-state index contributed by atoms with van der Waals surface area (Å²) in [4.78, 5) is 7.91. The maximum atomic E-state index is 9.07. The maximum Gasteiger partial charge on any atom is 0.240 e. The van der Waals surface area contributed by atoms with Crippen LogP contribution in [0.25, 0.3) is 0 Å². The first-order valence-electron chi connectivity index (χ1n) is 5.52. The van der Waals surface area contributed by atoms with Gasteiger partial charge in [-0.2, -0.15) is 4.98 Å². The van der Waals surface area contributed by atoms with Crippen LogP contribution in [0.4, 0.5) is 5.95 Å². The van der Waals surface area contributed by atoms with Crippen molar-refractivity contribution in [2.24, 2.45) is 5.84 Å². The van der Waals surface area contributed by atoms with Crippen molar-refractivity contribution in [3.63, 3.8) is 0 Å². The Balaban J connectivity index is 2.26. The fraction of sp³-hybridized carbons (Fsp3) is 0.167. The van der Waals surface area contributed by atoms with Gasteiger partial charge >= 0.3 is 0 Å². The Kier molecular flexibility index (Phi) is 4.11. The number of aliphatic hydroxyl groups is 1. The van der Waals surface area contributed by atoms with E-state index in [0.717, 1.165) is 5.56 Å². The van der Waals surface area contributed by atoms with Crippen LogP contribution in [0.5, 0.6) is 17.4 Å². The van der Waals surface area contributed by atoms with Gasteiger partial charge in [0.1, 0.15) is 0 Å². The summed E-state index contributed by atoms with van der Waals surface area (Å²) >= 11 is 0. The molecule has 0 aliphatic carbocycles. The van der Waals surface area contributed by atoms with Crippen molar-refractivity contribution < 1.29 is 14.6 Å². The average Bonchev–Trinajstić information content (AvgIpc) is 2.48. The van der Waals surface area contributed by atoms with E-state index in [2.05, 4.69) is 15.4 Å². The lowest BCUT2D eigenvalue weighted by atomic mass is 10.2. The van der Waals surface area contributed by atoms with E-state index in [-0.39, 0.29) is 12.6 Å². The number of hydrogen-bond donors (Lipinski definition) is 3. The lowest BCUT2D eigenvalue weighted by Gasteiger charge is -2.11. The van der Waals surface area contributed by atoms with E-state index in [1.807, 2.05) is 0 Å². The number of nitrogen functional groups attached to an aromatic ring is 1. The fourth-order valence-electron chi connectivity index (χ4n) is 1.48. The van der Waals surface area contributed by atoms with Gasteiger partial charge in [0.2, 0.25) is 11.8 Å². The molecule has 7 nitrogen and oxygen atoms in total. The molecule has 0 fully saturated rings. The molecule has 0 unspecified atom stereocenters. The van der Waals surface area contributed by atoms with Crippen molar-refractivity contribution in [1.29, 1.82) is 0 Å². The minimum atomic E-state index is -0.0641. The minimum Gasteiger partial charge on any atom is -0.493 e. The number of nitrogens with zero attached hydrogens (tertiary/aromatic N) is 2. The van der Waals surface area contributed by atoms with Crippen LogP contribution in [-0.4, -0.2) is 22.2 Å². The number of aliphatic hydroxyl groups excluding tert-OH is 1. The number of aromatic nitrogens is 2. The Morgan fingerprint density at radius 2 is 2.16 bits per heavy atom. The Hall–Kier alpha value is -2.38. The molecular weight excluding hydrogens is 248 g/mol. The molecule has 2 rings (SSSR count). The van der Waals surface area contributed by atoms with Crippen LogP contribution in [0.1, 0.15) is 5.56 Å².